The molecule has 1 aromatic heterocycles. The molecule has 6 nitrogen and oxygen atoms in total. The number of hydrogen-bond donors (Lipinski definition) is 1. The zero-order valence-corrected chi connectivity index (χ0v) is 12.6. The number of nitrogens with one attached hydrogen (secondary N) is 1. The molecular weight excluding hydrogens is 302 g/mol. The van der Waals surface area contributed by atoms with Crippen LogP contribution in [0.2, 0.25) is 5.02 Å². The summed E-state index contributed by atoms with van der Waals surface area (Å²) in [6.45, 7) is 5.23. The predicted molar refractivity (Wildman–Crippen MR) is 76.9 cm³/mol. The van der Waals surface area contributed by atoms with Gasteiger partial charge in [-0.25, -0.2) is 14.8 Å². The van der Waals surface area contributed by atoms with E-state index in [4.69, 9.17) is 16.3 Å². The molecule has 1 N–H and O–H groups in total. The molecule has 0 saturated heterocycles. The maximum absolute atomic E-state index is 11.9. The van der Waals surface area contributed by atoms with E-state index in [1.165, 1.54) is 31.0 Å². The van der Waals surface area contributed by atoms with Crippen LogP contribution in [0.3, 0.4) is 0 Å². The Morgan fingerprint density at radius 3 is 2.95 bits per heavy atom. The number of rotatable bonds is 6. The summed E-state index contributed by atoms with van der Waals surface area (Å²) < 4.78 is 5.01. The highest BCUT2D eigenvalue weighted by molar-refractivity contribution is 7.98. The third-order valence-electron chi connectivity index (χ3n) is 2.17. The van der Waals surface area contributed by atoms with Crippen molar-refractivity contribution >= 4 is 35.2 Å². The molecule has 1 amide bonds. The van der Waals surface area contributed by atoms with Crippen molar-refractivity contribution in [3.8, 4) is 0 Å². The maximum Gasteiger partial charge on any atom is 0.359 e. The first kappa shape index (κ1) is 16.5. The normalized spacial score (nSPS) is 11.6. The number of esters is 1. The van der Waals surface area contributed by atoms with Gasteiger partial charge in [0.15, 0.2) is 17.0 Å². The zero-order chi connectivity index (χ0) is 15.1. The summed E-state index contributed by atoms with van der Waals surface area (Å²) in [5.74, 6) is -1.19. The van der Waals surface area contributed by atoms with Crippen molar-refractivity contribution < 1.29 is 14.3 Å². The van der Waals surface area contributed by atoms with Gasteiger partial charge in [-0.2, -0.15) is 0 Å². The SMILES string of the molecule is C=CCNC(=O)C(C)OC(=O)c1nc(SC)ncc1Cl. The molecular formula is C12H14ClN3O3S. The minimum Gasteiger partial charge on any atom is -0.448 e. The lowest BCUT2D eigenvalue weighted by Crippen LogP contribution is -2.36. The number of hydrogen-bond acceptors (Lipinski definition) is 6. The summed E-state index contributed by atoms with van der Waals surface area (Å²) in [6.07, 6.45) is 3.66. The smallest absolute Gasteiger partial charge is 0.359 e. The molecule has 0 saturated carbocycles. The molecule has 1 unspecified atom stereocenters. The average Bonchev–Trinajstić information content (AvgIpc) is 2.44. The van der Waals surface area contributed by atoms with Crippen LogP contribution in [0.1, 0.15) is 17.4 Å². The van der Waals surface area contributed by atoms with Crippen molar-refractivity contribution in [2.75, 3.05) is 12.8 Å². The summed E-state index contributed by atoms with van der Waals surface area (Å²) >= 11 is 7.11. The molecule has 0 aromatic carbocycles. The number of halogens is 1. The number of carbonyl (C=O) groups is 2. The van der Waals surface area contributed by atoms with E-state index in [0.717, 1.165) is 0 Å². The highest BCUT2D eigenvalue weighted by atomic mass is 35.5. The Morgan fingerprint density at radius 2 is 2.35 bits per heavy atom. The van der Waals surface area contributed by atoms with Gasteiger partial charge in [0.1, 0.15) is 0 Å². The highest BCUT2D eigenvalue weighted by Crippen LogP contribution is 2.17. The Hall–Kier alpha value is -1.60. The van der Waals surface area contributed by atoms with Crippen LogP contribution in [0, 0.1) is 0 Å². The second-order valence-electron chi connectivity index (χ2n) is 3.63. The number of amides is 1. The molecule has 0 radical (unpaired) electrons. The predicted octanol–water partition coefficient (Wildman–Crippen LogP) is 1.70. The van der Waals surface area contributed by atoms with E-state index in [-0.39, 0.29) is 10.7 Å². The molecule has 8 heteroatoms. The van der Waals surface area contributed by atoms with Gasteiger partial charge in [-0.1, -0.05) is 29.4 Å². The Kier molecular flexibility index (Phi) is 6.47. The van der Waals surface area contributed by atoms with Crippen molar-refractivity contribution in [2.24, 2.45) is 0 Å². The van der Waals surface area contributed by atoms with Crippen molar-refractivity contribution in [3.63, 3.8) is 0 Å². The third-order valence-corrected chi connectivity index (χ3v) is 3.01. The van der Waals surface area contributed by atoms with Crippen molar-refractivity contribution in [3.05, 3.63) is 29.6 Å². The molecule has 0 aliphatic carbocycles. The zero-order valence-electron chi connectivity index (χ0n) is 11.1. The first-order chi connectivity index (χ1) is 9.49. The van der Waals surface area contributed by atoms with Crippen LogP contribution in [-0.4, -0.2) is 40.7 Å². The van der Waals surface area contributed by atoms with Crippen LogP contribution < -0.4 is 5.32 Å². The molecule has 0 fully saturated rings. The molecule has 1 atom stereocenters. The Morgan fingerprint density at radius 1 is 1.65 bits per heavy atom. The quantitative estimate of drug-likeness (QED) is 0.372. The summed E-state index contributed by atoms with van der Waals surface area (Å²) in [5.41, 5.74) is -0.0608. The van der Waals surface area contributed by atoms with Gasteiger partial charge in [0, 0.05) is 6.54 Å². The lowest BCUT2D eigenvalue weighted by atomic mass is 10.3. The first-order valence-corrected chi connectivity index (χ1v) is 7.26. The molecule has 0 aliphatic rings. The minimum absolute atomic E-state index is 0.0608. The van der Waals surface area contributed by atoms with Gasteiger partial charge in [-0.05, 0) is 13.2 Å². The Bertz CT molecular complexity index is 525. The molecule has 1 rings (SSSR count). The van der Waals surface area contributed by atoms with Gasteiger partial charge in [-0.3, -0.25) is 4.79 Å². The van der Waals surface area contributed by atoms with Crippen LogP contribution in [0.5, 0.6) is 0 Å². The largest absolute Gasteiger partial charge is 0.448 e. The van der Waals surface area contributed by atoms with Gasteiger partial charge in [0.05, 0.1) is 11.2 Å². The fourth-order valence-corrected chi connectivity index (χ4v) is 1.69. The second-order valence-corrected chi connectivity index (χ2v) is 4.82. The highest BCUT2D eigenvalue weighted by Gasteiger charge is 2.22. The molecule has 1 aromatic rings. The van der Waals surface area contributed by atoms with Gasteiger partial charge in [-0.15, -0.1) is 6.58 Å². The van der Waals surface area contributed by atoms with Gasteiger partial charge in [0.25, 0.3) is 5.91 Å². The van der Waals surface area contributed by atoms with Crippen LogP contribution in [0.4, 0.5) is 0 Å². The van der Waals surface area contributed by atoms with Crippen molar-refractivity contribution in [1.29, 1.82) is 0 Å². The number of carbonyl (C=O) groups excluding carboxylic acids is 2. The van der Waals surface area contributed by atoms with Gasteiger partial charge in [0.2, 0.25) is 0 Å². The standard InChI is InChI=1S/C12H14ClN3O3S/c1-4-5-14-10(17)7(2)19-11(18)9-8(13)6-15-12(16-9)20-3/h4,6-7H,1,5H2,2-3H3,(H,14,17). The fraction of sp³-hybridized carbons (Fsp3) is 0.333. The first-order valence-electron chi connectivity index (χ1n) is 5.65. The van der Waals surface area contributed by atoms with E-state index in [0.29, 0.717) is 11.7 Å². The van der Waals surface area contributed by atoms with E-state index >= 15 is 0 Å². The average molecular weight is 316 g/mol. The summed E-state index contributed by atoms with van der Waals surface area (Å²) in [6, 6.07) is 0. The van der Waals surface area contributed by atoms with Crippen LogP contribution in [-0.2, 0) is 9.53 Å². The monoisotopic (exact) mass is 315 g/mol. The lowest BCUT2D eigenvalue weighted by molar-refractivity contribution is -0.128. The van der Waals surface area contributed by atoms with Crippen molar-refractivity contribution in [1.82, 2.24) is 15.3 Å². The second kappa shape index (κ2) is 7.86. The minimum atomic E-state index is -0.953. The van der Waals surface area contributed by atoms with E-state index in [1.54, 1.807) is 6.26 Å². The molecule has 20 heavy (non-hydrogen) atoms. The Balaban J connectivity index is 2.75. The molecule has 0 bridgehead atoms. The lowest BCUT2D eigenvalue weighted by Gasteiger charge is -2.13. The van der Waals surface area contributed by atoms with Crippen LogP contribution >= 0.6 is 23.4 Å². The Labute approximate surface area is 126 Å². The van der Waals surface area contributed by atoms with E-state index in [1.807, 2.05) is 0 Å². The summed E-state index contributed by atoms with van der Waals surface area (Å²) in [4.78, 5) is 31.4. The summed E-state index contributed by atoms with van der Waals surface area (Å²) in [5, 5.41) is 2.99. The summed E-state index contributed by atoms with van der Waals surface area (Å²) in [7, 11) is 0. The van der Waals surface area contributed by atoms with E-state index in [9.17, 15) is 9.59 Å². The molecule has 0 aliphatic heterocycles. The number of aromatic nitrogens is 2. The fourth-order valence-electron chi connectivity index (χ4n) is 1.18. The van der Waals surface area contributed by atoms with Crippen LogP contribution in [0.25, 0.3) is 0 Å². The van der Waals surface area contributed by atoms with Crippen LogP contribution in [0.15, 0.2) is 24.0 Å². The van der Waals surface area contributed by atoms with E-state index in [2.05, 4.69) is 21.9 Å². The van der Waals surface area contributed by atoms with E-state index < -0.39 is 18.0 Å². The van der Waals surface area contributed by atoms with Gasteiger partial charge < -0.3 is 10.1 Å². The molecule has 0 spiro atoms. The number of ether oxygens (including phenoxy) is 1. The maximum atomic E-state index is 11.9. The topological polar surface area (TPSA) is 81.2 Å². The number of nitrogens with zero attached hydrogens (tertiary/aromatic N) is 2. The van der Waals surface area contributed by atoms with Crippen molar-refractivity contribution in [2.45, 2.75) is 18.2 Å². The van der Waals surface area contributed by atoms with Gasteiger partial charge >= 0.3 is 5.97 Å². The third kappa shape index (κ3) is 4.50. The number of thioether (sulfide) groups is 1. The molecule has 1 heterocycles. The molecule has 108 valence electrons.